The van der Waals surface area contributed by atoms with Gasteiger partial charge in [-0.2, -0.15) is 0 Å². The number of carbonyl (C=O) groups is 1. The van der Waals surface area contributed by atoms with E-state index in [1.807, 2.05) is 0 Å². The van der Waals surface area contributed by atoms with E-state index in [1.54, 1.807) is 6.92 Å². The first-order valence-electron chi connectivity index (χ1n) is 11.1. The highest BCUT2D eigenvalue weighted by Crippen LogP contribution is 2.43. The number of halogens is 5. The summed E-state index contributed by atoms with van der Waals surface area (Å²) in [7, 11) is 1.18. The number of rotatable bonds is 5. The third-order valence-corrected chi connectivity index (χ3v) is 6.34. The number of carbonyl (C=O) groups excluding carboxylic acids is 1. The van der Waals surface area contributed by atoms with Gasteiger partial charge < -0.3 is 14.5 Å². The molecular weight excluding hydrogens is 473 g/mol. The molecule has 188 valence electrons. The van der Waals surface area contributed by atoms with E-state index in [2.05, 4.69) is 5.16 Å². The predicted molar refractivity (Wildman–Crippen MR) is 118 cm³/mol. The lowest BCUT2D eigenvalue weighted by Gasteiger charge is -2.39. The Morgan fingerprint density at radius 3 is 2.46 bits per heavy atom. The quantitative estimate of drug-likeness (QED) is 0.245. The molecule has 0 saturated carbocycles. The highest BCUT2D eigenvalue weighted by molar-refractivity contribution is 6.11. The van der Waals surface area contributed by atoms with Crippen molar-refractivity contribution in [2.75, 3.05) is 26.8 Å². The van der Waals surface area contributed by atoms with E-state index in [9.17, 15) is 22.4 Å². The maximum absolute atomic E-state index is 15.6. The fourth-order valence-electron chi connectivity index (χ4n) is 4.66. The Kier molecular flexibility index (Phi) is 6.61. The molecule has 2 heterocycles. The molecule has 2 fully saturated rings. The maximum Gasteiger partial charge on any atom is 0.326 e. The Hall–Kier alpha value is -3.37. The number of hydrogen-bond donors (Lipinski definition) is 0. The Balaban J connectivity index is 1.87. The minimum absolute atomic E-state index is 0.0852. The van der Waals surface area contributed by atoms with E-state index >= 15 is 4.39 Å². The zero-order valence-corrected chi connectivity index (χ0v) is 19.3. The molecule has 2 saturated heterocycles. The molecular formula is C24H24F5N3O3. The fraction of sp³-hybridized carbons (Fsp3) is 0.417. The van der Waals surface area contributed by atoms with Crippen molar-refractivity contribution in [2.45, 2.75) is 32.2 Å². The summed E-state index contributed by atoms with van der Waals surface area (Å²) in [5.41, 5.74) is -1.38. The number of nitrogens with zero attached hydrogens (tertiary/aromatic N) is 3. The zero-order chi connectivity index (χ0) is 25.5. The molecule has 2 atom stereocenters. The molecule has 0 N–H and O–H groups in total. The van der Waals surface area contributed by atoms with E-state index in [0.29, 0.717) is 0 Å². The van der Waals surface area contributed by atoms with E-state index in [0.717, 1.165) is 28.0 Å². The Morgan fingerprint density at radius 1 is 1.14 bits per heavy atom. The number of fused-ring (bicyclic) bond motifs is 1. The number of hydrogen-bond acceptors (Lipinski definition) is 4. The molecule has 2 aliphatic rings. The van der Waals surface area contributed by atoms with Gasteiger partial charge in [-0.3, -0.25) is 4.90 Å². The summed E-state index contributed by atoms with van der Waals surface area (Å²) in [6, 6.07) is 3.53. The molecule has 1 unspecified atom stereocenters. The summed E-state index contributed by atoms with van der Waals surface area (Å²) in [5, 5.41) is 3.86. The van der Waals surface area contributed by atoms with Crippen LogP contribution in [0.5, 0.6) is 5.75 Å². The van der Waals surface area contributed by atoms with Crippen LogP contribution in [0.4, 0.5) is 26.7 Å². The number of ether oxygens (including phenoxy) is 1. The standard InChI is InChI=1S/C24H24F5N3O3/c1-4-35-17-9-8-14(19(21(17)27)20-15(25)6-5-7-16(20)26)22(30-34-3)31-11-10-18-24(28,29)13(2)12-32(18)23(31)33/h5-9,13,18H,4,10-12H2,1-3H3/b30-22+/t13?,18-/m1/s1. The first kappa shape index (κ1) is 24.7. The van der Waals surface area contributed by atoms with Gasteiger partial charge in [0.05, 0.1) is 18.2 Å². The van der Waals surface area contributed by atoms with Crippen LogP contribution in [0.15, 0.2) is 35.5 Å². The second-order valence-electron chi connectivity index (χ2n) is 8.39. The summed E-state index contributed by atoms with van der Waals surface area (Å²) >= 11 is 0. The number of benzene rings is 2. The summed E-state index contributed by atoms with van der Waals surface area (Å²) in [6.45, 7) is 2.70. The van der Waals surface area contributed by atoms with Crippen molar-refractivity contribution in [1.82, 2.24) is 9.80 Å². The van der Waals surface area contributed by atoms with Crippen LogP contribution >= 0.6 is 0 Å². The Morgan fingerprint density at radius 2 is 1.83 bits per heavy atom. The second kappa shape index (κ2) is 9.35. The summed E-state index contributed by atoms with van der Waals surface area (Å²) in [4.78, 5) is 20.3. The van der Waals surface area contributed by atoms with Crippen molar-refractivity contribution >= 4 is 11.9 Å². The first-order valence-corrected chi connectivity index (χ1v) is 11.1. The molecule has 0 spiro atoms. The van der Waals surface area contributed by atoms with Crippen LogP contribution in [0, 0.1) is 23.4 Å². The van der Waals surface area contributed by atoms with Crippen LogP contribution in [0.2, 0.25) is 0 Å². The Bertz CT molecular complexity index is 1150. The lowest BCUT2D eigenvalue weighted by molar-refractivity contribution is -0.0631. The minimum atomic E-state index is -3.06. The number of amidine groups is 1. The SMILES string of the molecule is CCOc1ccc(/C(=N\OC)N2CC[C@H]3N(CC(C)C3(F)F)C2=O)c(-c2c(F)cccc2F)c1F. The van der Waals surface area contributed by atoms with Crippen LogP contribution in [-0.4, -0.2) is 60.4 Å². The van der Waals surface area contributed by atoms with Gasteiger partial charge in [-0.1, -0.05) is 18.1 Å². The van der Waals surface area contributed by atoms with Gasteiger partial charge in [0.2, 0.25) is 0 Å². The van der Waals surface area contributed by atoms with Gasteiger partial charge in [0.15, 0.2) is 17.4 Å². The highest BCUT2D eigenvalue weighted by atomic mass is 19.3. The van der Waals surface area contributed by atoms with Gasteiger partial charge >= 0.3 is 6.03 Å². The maximum atomic E-state index is 15.6. The number of oxime groups is 1. The first-order chi connectivity index (χ1) is 16.6. The van der Waals surface area contributed by atoms with Gasteiger partial charge in [-0.05, 0) is 37.6 Å². The van der Waals surface area contributed by atoms with Crippen LogP contribution in [0.25, 0.3) is 11.1 Å². The molecule has 2 aliphatic heterocycles. The molecule has 0 aliphatic carbocycles. The average molecular weight is 497 g/mol. The molecule has 2 aromatic carbocycles. The monoisotopic (exact) mass is 497 g/mol. The molecule has 2 amide bonds. The van der Waals surface area contributed by atoms with Gasteiger partial charge in [0.25, 0.3) is 5.92 Å². The Labute approximate surface area is 198 Å². The van der Waals surface area contributed by atoms with Crippen LogP contribution in [0.3, 0.4) is 0 Å². The zero-order valence-electron chi connectivity index (χ0n) is 19.3. The van der Waals surface area contributed by atoms with E-state index in [1.165, 1.54) is 26.2 Å². The fourth-order valence-corrected chi connectivity index (χ4v) is 4.66. The van der Waals surface area contributed by atoms with Crippen molar-refractivity contribution in [3.05, 3.63) is 53.3 Å². The molecule has 6 nitrogen and oxygen atoms in total. The second-order valence-corrected chi connectivity index (χ2v) is 8.39. The molecule has 35 heavy (non-hydrogen) atoms. The topological polar surface area (TPSA) is 54.4 Å². The van der Waals surface area contributed by atoms with Gasteiger partial charge in [0, 0.05) is 30.1 Å². The van der Waals surface area contributed by atoms with Gasteiger partial charge in [-0.25, -0.2) is 26.7 Å². The summed E-state index contributed by atoms with van der Waals surface area (Å²) < 4.78 is 79.6. The summed E-state index contributed by atoms with van der Waals surface area (Å²) in [6.07, 6.45) is -0.0886. The largest absolute Gasteiger partial charge is 0.491 e. The minimum Gasteiger partial charge on any atom is -0.491 e. The third-order valence-electron chi connectivity index (χ3n) is 6.34. The van der Waals surface area contributed by atoms with Crippen LogP contribution in [0.1, 0.15) is 25.8 Å². The van der Waals surface area contributed by atoms with Crippen molar-refractivity contribution < 1.29 is 36.3 Å². The molecule has 11 heteroatoms. The molecule has 0 bridgehead atoms. The predicted octanol–water partition coefficient (Wildman–Crippen LogP) is 5.26. The van der Waals surface area contributed by atoms with Crippen molar-refractivity contribution in [1.29, 1.82) is 0 Å². The molecule has 0 aromatic heterocycles. The average Bonchev–Trinajstić information content (AvgIpc) is 3.04. The van der Waals surface area contributed by atoms with E-state index in [4.69, 9.17) is 9.57 Å². The van der Waals surface area contributed by atoms with Crippen molar-refractivity contribution in [3.8, 4) is 16.9 Å². The normalized spacial score (nSPS) is 21.8. The van der Waals surface area contributed by atoms with Crippen LogP contribution in [-0.2, 0) is 4.84 Å². The van der Waals surface area contributed by atoms with Crippen molar-refractivity contribution in [3.63, 3.8) is 0 Å². The molecule has 0 radical (unpaired) electrons. The van der Waals surface area contributed by atoms with Gasteiger partial charge in [0.1, 0.15) is 18.7 Å². The third kappa shape index (κ3) is 4.06. The highest BCUT2D eigenvalue weighted by Gasteiger charge is 2.58. The lowest BCUT2D eigenvalue weighted by Crippen LogP contribution is -2.57. The number of alkyl halides is 2. The van der Waals surface area contributed by atoms with Gasteiger partial charge in [-0.15, -0.1) is 0 Å². The number of urea groups is 1. The lowest BCUT2D eigenvalue weighted by atomic mass is 9.95. The van der Waals surface area contributed by atoms with Crippen LogP contribution < -0.4 is 4.74 Å². The molecule has 4 rings (SSSR count). The summed E-state index contributed by atoms with van der Waals surface area (Å²) in [5.74, 6) is -7.80. The molecule has 2 aromatic rings. The number of amides is 2. The van der Waals surface area contributed by atoms with Crippen molar-refractivity contribution in [2.24, 2.45) is 11.1 Å². The van der Waals surface area contributed by atoms with E-state index in [-0.39, 0.29) is 43.3 Å². The van der Waals surface area contributed by atoms with E-state index < -0.39 is 52.5 Å². The smallest absolute Gasteiger partial charge is 0.326 e.